The van der Waals surface area contributed by atoms with Crippen molar-refractivity contribution in [3.8, 4) is 56.7 Å². The number of hydrogen-bond donors (Lipinski definition) is 0. The number of nitrogens with zero attached hydrogens (tertiary/aromatic N) is 7. The Labute approximate surface area is 321 Å². The fourth-order valence-corrected chi connectivity index (χ4v) is 7.92. The van der Waals surface area contributed by atoms with Crippen LogP contribution < -0.4 is 0 Å². The van der Waals surface area contributed by atoms with E-state index in [4.69, 9.17) is 24.9 Å². The van der Waals surface area contributed by atoms with E-state index < -0.39 is 0 Å². The molecule has 7 nitrogen and oxygen atoms in total. The van der Waals surface area contributed by atoms with Crippen LogP contribution in [0.1, 0.15) is 0 Å². The van der Waals surface area contributed by atoms with Crippen molar-refractivity contribution in [1.29, 1.82) is 0 Å². The van der Waals surface area contributed by atoms with Crippen molar-refractivity contribution in [2.24, 2.45) is 0 Å². The zero-order valence-electron chi connectivity index (χ0n) is 30.0. The SMILES string of the molecule is c1ccc(-c2cccc(-c3nc(-c4cccc(-c5ccccc5)c4)nc(-n4c5ccccc5c5c4ncc4c6ncccc6n(-c6ccccc6)c45)n3)c2)cc1. The van der Waals surface area contributed by atoms with Crippen LogP contribution in [-0.2, 0) is 0 Å². The highest BCUT2D eigenvalue weighted by molar-refractivity contribution is 6.24. The molecular weight excluding hydrogens is 687 g/mol. The lowest BCUT2D eigenvalue weighted by atomic mass is 10.0. The molecule has 0 aliphatic rings. The molecule has 0 unspecified atom stereocenters. The van der Waals surface area contributed by atoms with Gasteiger partial charge in [0.05, 0.1) is 27.5 Å². The largest absolute Gasteiger partial charge is 0.307 e. The second-order valence-electron chi connectivity index (χ2n) is 13.8. The predicted octanol–water partition coefficient (Wildman–Crippen LogP) is 11.5. The van der Waals surface area contributed by atoms with E-state index in [9.17, 15) is 0 Å². The lowest BCUT2D eigenvalue weighted by molar-refractivity contribution is 0.944. The molecule has 11 rings (SSSR count). The Hall–Kier alpha value is -7.77. The Morgan fingerprint density at radius 2 is 0.946 bits per heavy atom. The summed E-state index contributed by atoms with van der Waals surface area (Å²) in [7, 11) is 0. The molecule has 0 saturated carbocycles. The highest BCUT2D eigenvalue weighted by atomic mass is 15.2. The molecule has 7 heteroatoms. The van der Waals surface area contributed by atoms with E-state index in [1.54, 1.807) is 0 Å². The molecule has 5 aromatic heterocycles. The normalized spacial score (nSPS) is 11.6. The molecule has 0 aliphatic carbocycles. The van der Waals surface area contributed by atoms with Crippen LogP contribution in [0.15, 0.2) is 188 Å². The highest BCUT2D eigenvalue weighted by Crippen LogP contribution is 2.40. The van der Waals surface area contributed by atoms with Crippen LogP contribution in [0.2, 0.25) is 0 Å². The van der Waals surface area contributed by atoms with Gasteiger partial charge in [-0.05, 0) is 64.7 Å². The van der Waals surface area contributed by atoms with Crippen molar-refractivity contribution in [1.82, 2.24) is 34.1 Å². The minimum absolute atomic E-state index is 0.485. The van der Waals surface area contributed by atoms with Gasteiger partial charge < -0.3 is 4.57 Å². The summed E-state index contributed by atoms with van der Waals surface area (Å²) >= 11 is 0. The number of rotatable bonds is 6. The van der Waals surface area contributed by atoms with Crippen molar-refractivity contribution in [3.63, 3.8) is 0 Å². The van der Waals surface area contributed by atoms with Crippen LogP contribution in [0.3, 0.4) is 0 Å². The van der Waals surface area contributed by atoms with Crippen LogP contribution in [0.25, 0.3) is 101 Å². The highest BCUT2D eigenvalue weighted by Gasteiger charge is 2.24. The lowest BCUT2D eigenvalue weighted by Crippen LogP contribution is -2.07. The van der Waals surface area contributed by atoms with Crippen molar-refractivity contribution in [2.45, 2.75) is 0 Å². The van der Waals surface area contributed by atoms with Crippen LogP contribution in [0, 0.1) is 0 Å². The fourth-order valence-electron chi connectivity index (χ4n) is 7.92. The van der Waals surface area contributed by atoms with E-state index in [1.807, 2.05) is 36.7 Å². The smallest absolute Gasteiger partial charge is 0.240 e. The molecule has 0 radical (unpaired) electrons. The van der Waals surface area contributed by atoms with Crippen LogP contribution in [0.5, 0.6) is 0 Å². The van der Waals surface area contributed by atoms with Gasteiger partial charge in [-0.3, -0.25) is 9.55 Å². The number of hydrogen-bond acceptors (Lipinski definition) is 5. The Morgan fingerprint density at radius 1 is 0.393 bits per heavy atom. The zero-order valence-corrected chi connectivity index (χ0v) is 30.0. The van der Waals surface area contributed by atoms with E-state index in [0.29, 0.717) is 17.6 Å². The number of para-hydroxylation sites is 2. The molecule has 0 spiro atoms. The predicted molar refractivity (Wildman–Crippen MR) is 226 cm³/mol. The average molecular weight is 718 g/mol. The first-order valence-corrected chi connectivity index (χ1v) is 18.6. The molecule has 5 heterocycles. The van der Waals surface area contributed by atoms with E-state index >= 15 is 0 Å². The minimum atomic E-state index is 0.485. The Balaban J connectivity index is 1.21. The van der Waals surface area contributed by atoms with Gasteiger partial charge in [0.25, 0.3) is 0 Å². The van der Waals surface area contributed by atoms with Gasteiger partial charge in [0, 0.05) is 40.0 Å². The number of aromatic nitrogens is 7. The third-order valence-corrected chi connectivity index (χ3v) is 10.5. The number of fused-ring (bicyclic) bond motifs is 7. The van der Waals surface area contributed by atoms with Gasteiger partial charge in [-0.2, -0.15) is 9.97 Å². The molecule has 0 saturated heterocycles. The summed E-state index contributed by atoms with van der Waals surface area (Å²) in [6.45, 7) is 0. The summed E-state index contributed by atoms with van der Waals surface area (Å²) in [5.41, 5.74) is 11.9. The molecule has 0 amide bonds. The zero-order chi connectivity index (χ0) is 37.0. The molecule has 0 aliphatic heterocycles. The Morgan fingerprint density at radius 3 is 1.61 bits per heavy atom. The topological polar surface area (TPSA) is 74.3 Å². The van der Waals surface area contributed by atoms with E-state index in [1.165, 1.54) is 0 Å². The standard InChI is InChI=1S/C49H31N7/c1-4-15-32(16-5-1)34-19-12-21-36(29-34)46-52-47(37-22-13-20-35(30-37)33-17-6-2-7-18-33)54-49(53-46)56-41-26-11-10-25-39(41)43-45-40(31-51-48(43)56)44-42(27-14-28-50-44)55(45)38-23-8-3-9-24-38/h1-31H. The summed E-state index contributed by atoms with van der Waals surface area (Å²) < 4.78 is 4.38. The van der Waals surface area contributed by atoms with Gasteiger partial charge in [0.2, 0.25) is 5.95 Å². The van der Waals surface area contributed by atoms with E-state index in [2.05, 4.69) is 161 Å². The second-order valence-corrected chi connectivity index (χ2v) is 13.8. The molecule has 0 bridgehead atoms. The summed E-state index contributed by atoms with van der Waals surface area (Å²) in [6.07, 6.45) is 3.79. The first-order valence-electron chi connectivity index (χ1n) is 18.6. The van der Waals surface area contributed by atoms with Gasteiger partial charge in [-0.1, -0.05) is 133 Å². The average Bonchev–Trinajstić information content (AvgIpc) is 3.80. The van der Waals surface area contributed by atoms with Gasteiger partial charge in [0.1, 0.15) is 5.65 Å². The molecule has 0 atom stereocenters. The van der Waals surface area contributed by atoms with Crippen molar-refractivity contribution in [2.75, 3.05) is 0 Å². The van der Waals surface area contributed by atoms with Crippen LogP contribution in [-0.4, -0.2) is 34.1 Å². The van der Waals surface area contributed by atoms with Crippen molar-refractivity contribution in [3.05, 3.63) is 188 Å². The van der Waals surface area contributed by atoms with Gasteiger partial charge in [-0.25, -0.2) is 9.97 Å². The molecule has 0 N–H and O–H groups in total. The molecular formula is C49H31N7. The summed E-state index contributed by atoms with van der Waals surface area (Å²) in [6, 6.07) is 60.5. The fraction of sp³-hybridized carbons (Fsp3) is 0. The second kappa shape index (κ2) is 13.0. The molecule has 6 aromatic carbocycles. The van der Waals surface area contributed by atoms with E-state index in [-0.39, 0.29) is 0 Å². The third kappa shape index (κ3) is 5.17. The van der Waals surface area contributed by atoms with Crippen LogP contribution >= 0.6 is 0 Å². The Kier molecular flexibility index (Phi) is 7.35. The first-order chi connectivity index (χ1) is 27.8. The summed E-state index contributed by atoms with van der Waals surface area (Å²) in [4.78, 5) is 25.8. The molecule has 11 aromatic rings. The monoisotopic (exact) mass is 717 g/mol. The Bertz CT molecular complexity index is 3140. The summed E-state index contributed by atoms with van der Waals surface area (Å²) in [5.74, 6) is 1.63. The maximum atomic E-state index is 5.27. The maximum Gasteiger partial charge on any atom is 0.240 e. The quantitative estimate of drug-likeness (QED) is 0.171. The molecule has 0 fully saturated rings. The first kappa shape index (κ1) is 31.7. The van der Waals surface area contributed by atoms with Gasteiger partial charge in [0.15, 0.2) is 11.6 Å². The lowest BCUT2D eigenvalue weighted by Gasteiger charge is -2.12. The maximum absolute atomic E-state index is 5.27. The van der Waals surface area contributed by atoms with Gasteiger partial charge >= 0.3 is 0 Å². The summed E-state index contributed by atoms with van der Waals surface area (Å²) in [5, 5.41) is 3.02. The molecule has 262 valence electrons. The van der Waals surface area contributed by atoms with Gasteiger partial charge in [-0.15, -0.1) is 0 Å². The minimum Gasteiger partial charge on any atom is -0.307 e. The number of benzene rings is 6. The van der Waals surface area contributed by atoms with Crippen molar-refractivity contribution >= 4 is 43.9 Å². The van der Waals surface area contributed by atoms with Crippen LogP contribution in [0.4, 0.5) is 0 Å². The third-order valence-electron chi connectivity index (χ3n) is 10.5. The van der Waals surface area contributed by atoms with E-state index in [0.717, 1.165) is 82.9 Å². The molecule has 56 heavy (non-hydrogen) atoms. The number of pyridine rings is 2. The van der Waals surface area contributed by atoms with Crippen molar-refractivity contribution < 1.29 is 0 Å².